The molecule has 128 valence electrons. The Balaban J connectivity index is 1.69. The number of aromatic nitrogens is 2. The molecule has 1 amide bonds. The van der Waals surface area contributed by atoms with Crippen LogP contribution in [0.4, 0.5) is 0 Å². The lowest BCUT2D eigenvalue weighted by atomic mass is 10.00. The number of sulfone groups is 1. The normalized spacial score (nSPS) is 22.0. The largest absolute Gasteiger partial charge is 0.348 e. The van der Waals surface area contributed by atoms with E-state index in [0.29, 0.717) is 24.4 Å². The van der Waals surface area contributed by atoms with E-state index in [-0.39, 0.29) is 17.7 Å². The number of rotatable bonds is 3. The fraction of sp³-hybridized carbons (Fsp3) is 0.412. The molecule has 2 heterocycles. The van der Waals surface area contributed by atoms with Crippen molar-refractivity contribution in [1.82, 2.24) is 15.3 Å². The number of nitrogens with one attached hydrogen (secondary N) is 2. The monoisotopic (exact) mass is 347 g/mol. The molecular formula is C17H21N3O3S. The molecule has 0 spiro atoms. The van der Waals surface area contributed by atoms with Crippen molar-refractivity contribution in [3.63, 3.8) is 0 Å². The third-order valence-corrected chi connectivity index (χ3v) is 7.14. The lowest BCUT2D eigenvalue weighted by molar-refractivity contribution is 0.0926. The first-order valence-electron chi connectivity index (χ1n) is 7.92. The van der Waals surface area contributed by atoms with Crippen molar-refractivity contribution in [3.05, 3.63) is 42.2 Å². The van der Waals surface area contributed by atoms with E-state index >= 15 is 0 Å². The topological polar surface area (TPSA) is 91.9 Å². The summed E-state index contributed by atoms with van der Waals surface area (Å²) in [4.78, 5) is 19.7. The van der Waals surface area contributed by atoms with E-state index in [1.165, 1.54) is 6.20 Å². The molecule has 1 aromatic heterocycles. The number of hydrogen-bond acceptors (Lipinski definition) is 4. The molecule has 7 heteroatoms. The number of hydrogen-bond donors (Lipinski definition) is 2. The molecule has 0 saturated carbocycles. The summed E-state index contributed by atoms with van der Waals surface area (Å²) in [6.07, 6.45) is 2.36. The molecule has 1 fully saturated rings. The van der Waals surface area contributed by atoms with E-state index in [4.69, 9.17) is 0 Å². The zero-order valence-electron chi connectivity index (χ0n) is 13.7. The van der Waals surface area contributed by atoms with Crippen LogP contribution in [0.3, 0.4) is 0 Å². The Morgan fingerprint density at radius 2 is 2.00 bits per heavy atom. The summed E-state index contributed by atoms with van der Waals surface area (Å²) in [5, 5.41) is 2.92. The number of benzene rings is 1. The SMILES string of the molecule is CC1(C)CC(NC(=O)c2cnc(-c3ccccc3)[nH]2)CCS1(=O)=O. The van der Waals surface area contributed by atoms with E-state index in [1.54, 1.807) is 13.8 Å². The van der Waals surface area contributed by atoms with Gasteiger partial charge in [0.2, 0.25) is 0 Å². The van der Waals surface area contributed by atoms with Crippen molar-refractivity contribution in [2.24, 2.45) is 0 Å². The van der Waals surface area contributed by atoms with E-state index < -0.39 is 14.6 Å². The van der Waals surface area contributed by atoms with E-state index in [9.17, 15) is 13.2 Å². The highest BCUT2D eigenvalue weighted by Gasteiger charge is 2.41. The molecule has 2 aromatic rings. The second-order valence-electron chi connectivity index (χ2n) is 6.75. The molecule has 1 aromatic carbocycles. The van der Waals surface area contributed by atoms with Gasteiger partial charge in [-0.1, -0.05) is 30.3 Å². The number of H-pyrrole nitrogens is 1. The van der Waals surface area contributed by atoms with Crippen LogP contribution in [0.15, 0.2) is 36.5 Å². The maximum atomic E-state index is 12.4. The third-order valence-electron chi connectivity index (χ3n) is 4.52. The minimum atomic E-state index is -3.10. The zero-order chi connectivity index (χ0) is 17.4. The Kier molecular flexibility index (Phi) is 4.21. The molecule has 1 saturated heterocycles. The predicted octanol–water partition coefficient (Wildman–Crippen LogP) is 2.16. The molecule has 2 N–H and O–H groups in total. The number of amides is 1. The molecule has 1 unspecified atom stereocenters. The minimum absolute atomic E-state index is 0.100. The first kappa shape index (κ1) is 16.7. The van der Waals surface area contributed by atoms with Gasteiger partial charge < -0.3 is 10.3 Å². The lowest BCUT2D eigenvalue weighted by Crippen LogP contribution is -2.49. The summed E-state index contributed by atoms with van der Waals surface area (Å²) in [5.41, 5.74) is 1.28. The first-order valence-corrected chi connectivity index (χ1v) is 9.57. The van der Waals surface area contributed by atoms with Crippen molar-refractivity contribution in [3.8, 4) is 11.4 Å². The fourth-order valence-corrected chi connectivity index (χ4v) is 4.56. The van der Waals surface area contributed by atoms with Crippen LogP contribution in [0.5, 0.6) is 0 Å². The Morgan fingerprint density at radius 1 is 1.29 bits per heavy atom. The highest BCUT2D eigenvalue weighted by Crippen LogP contribution is 2.30. The Labute approximate surface area is 141 Å². The molecule has 1 aliphatic rings. The molecule has 1 aliphatic heterocycles. The van der Waals surface area contributed by atoms with Crippen molar-refractivity contribution in [2.75, 3.05) is 5.75 Å². The van der Waals surface area contributed by atoms with Crippen LogP contribution in [-0.2, 0) is 9.84 Å². The molecule has 6 nitrogen and oxygen atoms in total. The molecule has 24 heavy (non-hydrogen) atoms. The lowest BCUT2D eigenvalue weighted by Gasteiger charge is -2.35. The highest BCUT2D eigenvalue weighted by molar-refractivity contribution is 7.92. The van der Waals surface area contributed by atoms with Crippen LogP contribution in [0, 0.1) is 0 Å². The van der Waals surface area contributed by atoms with Gasteiger partial charge in [-0.2, -0.15) is 0 Å². The minimum Gasteiger partial charge on any atom is -0.348 e. The second-order valence-corrected chi connectivity index (χ2v) is 9.50. The van der Waals surface area contributed by atoms with Gasteiger partial charge in [-0.3, -0.25) is 4.79 Å². The average molecular weight is 347 g/mol. The average Bonchev–Trinajstić information content (AvgIpc) is 3.02. The van der Waals surface area contributed by atoms with Crippen LogP contribution in [-0.4, -0.2) is 40.8 Å². The van der Waals surface area contributed by atoms with Gasteiger partial charge in [0.15, 0.2) is 9.84 Å². The number of carbonyl (C=O) groups is 1. The molecule has 0 radical (unpaired) electrons. The van der Waals surface area contributed by atoms with Gasteiger partial charge in [0.05, 0.1) is 16.7 Å². The summed E-state index contributed by atoms with van der Waals surface area (Å²) >= 11 is 0. The summed E-state index contributed by atoms with van der Waals surface area (Å²) < 4.78 is 23.3. The summed E-state index contributed by atoms with van der Waals surface area (Å²) in [6, 6.07) is 9.40. The standard InChI is InChI=1S/C17H21N3O3S/c1-17(2)10-13(8-9-24(17,22)23)19-16(21)14-11-18-15(20-14)12-6-4-3-5-7-12/h3-7,11,13H,8-10H2,1-2H3,(H,18,20)(H,19,21). The first-order chi connectivity index (χ1) is 11.3. The quantitative estimate of drug-likeness (QED) is 0.890. The number of nitrogens with zero attached hydrogens (tertiary/aromatic N) is 1. The van der Waals surface area contributed by atoms with Crippen molar-refractivity contribution < 1.29 is 13.2 Å². The second kappa shape index (κ2) is 6.05. The number of aromatic amines is 1. The Hall–Kier alpha value is -2.15. The predicted molar refractivity (Wildman–Crippen MR) is 92.4 cm³/mol. The molecular weight excluding hydrogens is 326 g/mol. The summed E-state index contributed by atoms with van der Waals surface area (Å²) in [6.45, 7) is 3.43. The van der Waals surface area contributed by atoms with Crippen molar-refractivity contribution in [2.45, 2.75) is 37.5 Å². The summed E-state index contributed by atoms with van der Waals surface area (Å²) in [5.74, 6) is 0.473. The van der Waals surface area contributed by atoms with Crippen LogP contribution in [0.2, 0.25) is 0 Å². The number of carbonyl (C=O) groups excluding carboxylic acids is 1. The summed E-state index contributed by atoms with van der Waals surface area (Å²) in [7, 11) is -3.10. The highest BCUT2D eigenvalue weighted by atomic mass is 32.2. The zero-order valence-corrected chi connectivity index (χ0v) is 14.6. The Bertz CT molecular complexity index is 841. The maximum Gasteiger partial charge on any atom is 0.269 e. The van der Waals surface area contributed by atoms with Crippen molar-refractivity contribution >= 4 is 15.7 Å². The molecule has 1 atom stereocenters. The fourth-order valence-electron chi connectivity index (χ4n) is 2.96. The third kappa shape index (κ3) is 3.21. The van der Waals surface area contributed by atoms with Crippen LogP contribution in [0.1, 0.15) is 37.2 Å². The van der Waals surface area contributed by atoms with Gasteiger partial charge in [0, 0.05) is 11.6 Å². The van der Waals surface area contributed by atoms with Gasteiger partial charge in [-0.15, -0.1) is 0 Å². The van der Waals surface area contributed by atoms with Crippen LogP contribution in [0.25, 0.3) is 11.4 Å². The van der Waals surface area contributed by atoms with Crippen LogP contribution >= 0.6 is 0 Å². The van der Waals surface area contributed by atoms with E-state index in [0.717, 1.165) is 5.56 Å². The molecule has 0 aliphatic carbocycles. The molecule has 0 bridgehead atoms. The smallest absolute Gasteiger partial charge is 0.269 e. The van der Waals surface area contributed by atoms with Gasteiger partial charge in [0.1, 0.15) is 11.5 Å². The Morgan fingerprint density at radius 3 is 2.67 bits per heavy atom. The maximum absolute atomic E-state index is 12.4. The van der Waals surface area contributed by atoms with E-state index in [1.807, 2.05) is 30.3 Å². The van der Waals surface area contributed by atoms with Gasteiger partial charge >= 0.3 is 0 Å². The van der Waals surface area contributed by atoms with Crippen molar-refractivity contribution in [1.29, 1.82) is 0 Å². The number of imidazole rings is 1. The van der Waals surface area contributed by atoms with E-state index in [2.05, 4.69) is 15.3 Å². The van der Waals surface area contributed by atoms with Gasteiger partial charge in [-0.25, -0.2) is 13.4 Å². The van der Waals surface area contributed by atoms with Crippen LogP contribution < -0.4 is 5.32 Å². The van der Waals surface area contributed by atoms with Gasteiger partial charge in [-0.05, 0) is 26.7 Å². The molecule has 3 rings (SSSR count). The van der Waals surface area contributed by atoms with Gasteiger partial charge in [0.25, 0.3) is 5.91 Å².